The van der Waals surface area contributed by atoms with E-state index in [9.17, 15) is 4.79 Å². The van der Waals surface area contributed by atoms with Crippen LogP contribution in [0.2, 0.25) is 0 Å². The van der Waals surface area contributed by atoms with Crippen LogP contribution in [0.4, 0.5) is 0 Å². The van der Waals surface area contributed by atoms with E-state index in [1.165, 1.54) is 11.6 Å². The Morgan fingerprint density at radius 3 is 3.06 bits per heavy atom. The Kier molecular flexibility index (Phi) is 2.90. The second-order valence-electron chi connectivity index (χ2n) is 3.57. The van der Waals surface area contributed by atoms with E-state index in [2.05, 4.69) is 15.5 Å². The fraction of sp³-hybridized carbons (Fsp3) is 0.400. The van der Waals surface area contributed by atoms with Gasteiger partial charge in [0, 0.05) is 6.42 Å². The number of tetrazole rings is 1. The first kappa shape index (κ1) is 11.3. The molecule has 0 aliphatic rings. The first-order chi connectivity index (χ1) is 8.15. The lowest BCUT2D eigenvalue weighted by atomic mass is 10.2. The summed E-state index contributed by atoms with van der Waals surface area (Å²) in [5, 5.41) is 20.0. The van der Waals surface area contributed by atoms with Crippen molar-refractivity contribution in [3.63, 3.8) is 0 Å². The van der Waals surface area contributed by atoms with Gasteiger partial charge >= 0.3 is 5.97 Å². The molecule has 0 saturated carbocycles. The van der Waals surface area contributed by atoms with E-state index in [0.29, 0.717) is 12.2 Å². The van der Waals surface area contributed by atoms with Gasteiger partial charge in [0.1, 0.15) is 5.76 Å². The molecule has 1 atom stereocenters. The third-order valence-corrected chi connectivity index (χ3v) is 2.52. The van der Waals surface area contributed by atoms with Crippen molar-refractivity contribution in [1.82, 2.24) is 20.2 Å². The molecule has 0 aliphatic heterocycles. The van der Waals surface area contributed by atoms with Crippen molar-refractivity contribution >= 4 is 5.97 Å². The standard InChI is InChI=1S/C10H12N4O3/c1-3-8-7(4-5-17-8)9-11-12-13-14(9)6(2)10(15)16/h4-6H,3H2,1-2H3,(H,15,16). The zero-order chi connectivity index (χ0) is 12.4. The van der Waals surface area contributed by atoms with Crippen LogP contribution in [0, 0.1) is 0 Å². The summed E-state index contributed by atoms with van der Waals surface area (Å²) in [6, 6.07) is 0.912. The number of nitrogens with zero attached hydrogens (tertiary/aromatic N) is 4. The third kappa shape index (κ3) is 1.91. The molecule has 90 valence electrons. The monoisotopic (exact) mass is 236 g/mol. The van der Waals surface area contributed by atoms with Gasteiger partial charge in [-0.05, 0) is 23.4 Å². The number of aromatic nitrogens is 4. The largest absolute Gasteiger partial charge is 0.480 e. The van der Waals surface area contributed by atoms with Gasteiger partial charge in [-0.2, -0.15) is 0 Å². The molecule has 1 N–H and O–H groups in total. The Balaban J connectivity index is 2.47. The third-order valence-electron chi connectivity index (χ3n) is 2.52. The van der Waals surface area contributed by atoms with E-state index in [0.717, 1.165) is 11.3 Å². The van der Waals surface area contributed by atoms with Gasteiger partial charge in [0.05, 0.1) is 11.8 Å². The van der Waals surface area contributed by atoms with Crippen LogP contribution in [0.25, 0.3) is 11.4 Å². The highest BCUT2D eigenvalue weighted by Gasteiger charge is 2.22. The van der Waals surface area contributed by atoms with Crippen LogP contribution in [-0.4, -0.2) is 31.3 Å². The molecule has 1 unspecified atom stereocenters. The molecule has 0 amide bonds. The minimum atomic E-state index is -0.986. The summed E-state index contributed by atoms with van der Waals surface area (Å²) >= 11 is 0. The second-order valence-corrected chi connectivity index (χ2v) is 3.57. The van der Waals surface area contributed by atoms with Crippen LogP contribution in [0.1, 0.15) is 25.6 Å². The van der Waals surface area contributed by atoms with E-state index < -0.39 is 12.0 Å². The lowest BCUT2D eigenvalue weighted by Crippen LogP contribution is -2.18. The van der Waals surface area contributed by atoms with Crippen LogP contribution in [0.5, 0.6) is 0 Å². The number of furan rings is 1. The average Bonchev–Trinajstić information content (AvgIpc) is 2.95. The van der Waals surface area contributed by atoms with Gasteiger partial charge in [-0.3, -0.25) is 0 Å². The minimum absolute atomic E-state index is 0.408. The normalized spacial score (nSPS) is 12.6. The van der Waals surface area contributed by atoms with E-state index in [4.69, 9.17) is 9.52 Å². The van der Waals surface area contributed by atoms with Crippen molar-refractivity contribution in [3.8, 4) is 11.4 Å². The maximum absolute atomic E-state index is 10.9. The molecule has 0 radical (unpaired) electrons. The Morgan fingerprint density at radius 2 is 2.41 bits per heavy atom. The molecule has 17 heavy (non-hydrogen) atoms. The summed E-state index contributed by atoms with van der Waals surface area (Å²) in [5.74, 6) is 0.157. The zero-order valence-electron chi connectivity index (χ0n) is 9.49. The smallest absolute Gasteiger partial charge is 0.328 e. The highest BCUT2D eigenvalue weighted by atomic mass is 16.4. The highest BCUT2D eigenvalue weighted by Crippen LogP contribution is 2.24. The molecule has 0 aliphatic carbocycles. The second kappa shape index (κ2) is 4.36. The predicted octanol–water partition coefficient (Wildman–Crippen LogP) is 1.14. The Bertz CT molecular complexity index is 531. The SMILES string of the molecule is CCc1occc1-c1nnnn1C(C)C(=O)O. The fourth-order valence-electron chi connectivity index (χ4n) is 1.55. The maximum Gasteiger partial charge on any atom is 0.328 e. The quantitative estimate of drug-likeness (QED) is 0.855. The molecule has 0 spiro atoms. The van der Waals surface area contributed by atoms with Crippen molar-refractivity contribution in [2.75, 3.05) is 0 Å². The number of hydrogen-bond donors (Lipinski definition) is 1. The highest BCUT2D eigenvalue weighted by molar-refractivity contribution is 5.72. The summed E-state index contributed by atoms with van der Waals surface area (Å²) in [6.07, 6.45) is 2.23. The molecular weight excluding hydrogens is 224 g/mol. The van der Waals surface area contributed by atoms with E-state index in [1.807, 2.05) is 6.92 Å². The number of carbonyl (C=O) groups is 1. The molecular formula is C10H12N4O3. The topological polar surface area (TPSA) is 94.0 Å². The van der Waals surface area contributed by atoms with Crippen LogP contribution in [0.3, 0.4) is 0 Å². The molecule has 0 aromatic carbocycles. The molecule has 2 rings (SSSR count). The first-order valence-corrected chi connectivity index (χ1v) is 5.22. The van der Waals surface area contributed by atoms with Crippen LogP contribution < -0.4 is 0 Å². The van der Waals surface area contributed by atoms with Gasteiger partial charge < -0.3 is 9.52 Å². The number of carboxylic acids is 1. The van der Waals surface area contributed by atoms with Gasteiger partial charge in [0.2, 0.25) is 0 Å². The molecule has 0 saturated heterocycles. The number of rotatable bonds is 4. The van der Waals surface area contributed by atoms with Crippen molar-refractivity contribution in [2.45, 2.75) is 26.3 Å². The Labute approximate surface area is 97.0 Å². The van der Waals surface area contributed by atoms with E-state index in [1.54, 1.807) is 12.3 Å². The summed E-state index contributed by atoms with van der Waals surface area (Å²) in [5.41, 5.74) is 0.727. The van der Waals surface area contributed by atoms with Crippen molar-refractivity contribution < 1.29 is 14.3 Å². The first-order valence-electron chi connectivity index (χ1n) is 5.22. The van der Waals surface area contributed by atoms with Crippen LogP contribution in [-0.2, 0) is 11.2 Å². The molecule has 7 heteroatoms. The molecule has 7 nitrogen and oxygen atoms in total. The molecule has 0 fully saturated rings. The van der Waals surface area contributed by atoms with Gasteiger partial charge in [0.25, 0.3) is 0 Å². The van der Waals surface area contributed by atoms with Gasteiger partial charge in [0.15, 0.2) is 11.9 Å². The van der Waals surface area contributed by atoms with Gasteiger partial charge in [-0.1, -0.05) is 6.92 Å². The Hall–Kier alpha value is -2.18. The van der Waals surface area contributed by atoms with Gasteiger partial charge in [-0.15, -0.1) is 5.10 Å². The maximum atomic E-state index is 10.9. The summed E-state index contributed by atoms with van der Waals surface area (Å²) in [4.78, 5) is 10.9. The summed E-state index contributed by atoms with van der Waals surface area (Å²) < 4.78 is 6.55. The van der Waals surface area contributed by atoms with Crippen molar-refractivity contribution in [2.24, 2.45) is 0 Å². The lowest BCUT2D eigenvalue weighted by Gasteiger charge is -2.07. The van der Waals surface area contributed by atoms with Crippen molar-refractivity contribution in [1.29, 1.82) is 0 Å². The number of carboxylic acid groups (broad SMARTS) is 1. The fourth-order valence-corrected chi connectivity index (χ4v) is 1.55. The molecule has 2 heterocycles. The molecule has 0 bridgehead atoms. The predicted molar refractivity (Wildman–Crippen MR) is 57.2 cm³/mol. The van der Waals surface area contributed by atoms with E-state index >= 15 is 0 Å². The lowest BCUT2D eigenvalue weighted by molar-refractivity contribution is -0.140. The summed E-state index contributed by atoms with van der Waals surface area (Å²) in [7, 11) is 0. The zero-order valence-corrected chi connectivity index (χ0v) is 9.49. The number of aliphatic carboxylic acids is 1. The molecule has 2 aromatic heterocycles. The van der Waals surface area contributed by atoms with Gasteiger partial charge in [-0.25, -0.2) is 9.48 Å². The minimum Gasteiger partial charge on any atom is -0.480 e. The summed E-state index contributed by atoms with van der Waals surface area (Å²) in [6.45, 7) is 3.46. The Morgan fingerprint density at radius 1 is 1.65 bits per heavy atom. The van der Waals surface area contributed by atoms with E-state index in [-0.39, 0.29) is 0 Å². The molecule has 2 aromatic rings. The number of aryl methyl sites for hydroxylation is 1. The van der Waals surface area contributed by atoms with Crippen LogP contribution >= 0.6 is 0 Å². The average molecular weight is 236 g/mol. The number of hydrogen-bond acceptors (Lipinski definition) is 5. The van der Waals surface area contributed by atoms with Crippen molar-refractivity contribution in [3.05, 3.63) is 18.1 Å². The van der Waals surface area contributed by atoms with Crippen LogP contribution in [0.15, 0.2) is 16.7 Å².